The van der Waals surface area contributed by atoms with Gasteiger partial charge in [0.05, 0.1) is 11.7 Å². The lowest BCUT2D eigenvalue weighted by Gasteiger charge is -2.28. The van der Waals surface area contributed by atoms with Crippen LogP contribution in [0.1, 0.15) is 30.3 Å². The Hall–Kier alpha value is -1.43. The maximum atomic E-state index is 11.7. The molecule has 6 heteroatoms. The van der Waals surface area contributed by atoms with Gasteiger partial charge in [0.1, 0.15) is 0 Å². The topological polar surface area (TPSA) is 96.7 Å². The lowest BCUT2D eigenvalue weighted by molar-refractivity contribution is 0.0892. The van der Waals surface area contributed by atoms with Crippen LogP contribution in [0.2, 0.25) is 0 Å². The molecule has 1 fully saturated rings. The molecule has 2 rings (SSSR count). The van der Waals surface area contributed by atoms with Crippen molar-refractivity contribution in [1.29, 1.82) is 0 Å². The number of nitrogens with zero attached hydrogens (tertiary/aromatic N) is 2. The van der Waals surface area contributed by atoms with E-state index in [1.807, 2.05) is 6.92 Å². The van der Waals surface area contributed by atoms with Gasteiger partial charge in [-0.1, -0.05) is 0 Å². The van der Waals surface area contributed by atoms with E-state index in [0.29, 0.717) is 18.2 Å². The molecular formula is C9H15N5O. The first-order valence-electron chi connectivity index (χ1n) is 5.04. The van der Waals surface area contributed by atoms with E-state index in [9.17, 15) is 4.79 Å². The molecular weight excluding hydrogens is 194 g/mol. The van der Waals surface area contributed by atoms with Crippen molar-refractivity contribution in [3.8, 4) is 0 Å². The van der Waals surface area contributed by atoms with Crippen molar-refractivity contribution in [2.75, 3.05) is 6.54 Å². The number of hydrogen-bond acceptors (Lipinski definition) is 4. The van der Waals surface area contributed by atoms with Crippen molar-refractivity contribution >= 4 is 5.91 Å². The molecule has 0 spiro atoms. The summed E-state index contributed by atoms with van der Waals surface area (Å²) in [6.45, 7) is 2.42. The molecule has 6 nitrogen and oxygen atoms in total. The number of rotatable bonds is 4. The fourth-order valence-corrected chi connectivity index (χ4v) is 1.67. The van der Waals surface area contributed by atoms with Crippen LogP contribution in [0.25, 0.3) is 0 Å². The molecule has 1 atom stereocenters. The van der Waals surface area contributed by atoms with Crippen molar-refractivity contribution in [2.45, 2.75) is 25.3 Å². The van der Waals surface area contributed by atoms with E-state index in [-0.39, 0.29) is 11.4 Å². The van der Waals surface area contributed by atoms with Gasteiger partial charge in [0.2, 0.25) is 0 Å². The number of aromatic nitrogens is 3. The zero-order valence-corrected chi connectivity index (χ0v) is 8.66. The van der Waals surface area contributed by atoms with Gasteiger partial charge in [-0.25, -0.2) is 0 Å². The Bertz CT molecular complexity index is 345. The summed E-state index contributed by atoms with van der Waals surface area (Å²) in [7, 11) is 0. The minimum Gasteiger partial charge on any atom is -0.344 e. The molecule has 4 N–H and O–H groups in total. The van der Waals surface area contributed by atoms with E-state index in [4.69, 9.17) is 5.73 Å². The highest BCUT2D eigenvalue weighted by Crippen LogP contribution is 2.39. The predicted octanol–water partition coefficient (Wildman–Crippen LogP) is -0.338. The minimum absolute atomic E-state index is 0.219. The molecule has 0 bridgehead atoms. The maximum absolute atomic E-state index is 11.7. The molecule has 0 aliphatic heterocycles. The van der Waals surface area contributed by atoms with Crippen LogP contribution in [0.3, 0.4) is 0 Å². The first-order chi connectivity index (χ1) is 7.15. The van der Waals surface area contributed by atoms with E-state index in [1.54, 1.807) is 0 Å². The first kappa shape index (κ1) is 10.1. The average Bonchev–Trinajstić information content (AvgIpc) is 2.94. The summed E-state index contributed by atoms with van der Waals surface area (Å²) in [6.07, 6.45) is 3.67. The van der Waals surface area contributed by atoms with E-state index in [2.05, 4.69) is 20.7 Å². The number of hydrogen-bond donors (Lipinski definition) is 3. The van der Waals surface area contributed by atoms with Gasteiger partial charge in [-0.05, 0) is 25.7 Å². The second-order valence-corrected chi connectivity index (χ2v) is 4.21. The molecule has 0 radical (unpaired) electrons. The quantitative estimate of drug-likeness (QED) is 0.632. The van der Waals surface area contributed by atoms with E-state index >= 15 is 0 Å². The van der Waals surface area contributed by atoms with Crippen molar-refractivity contribution < 1.29 is 4.79 Å². The van der Waals surface area contributed by atoms with Gasteiger partial charge in [0, 0.05) is 6.54 Å². The van der Waals surface area contributed by atoms with Crippen molar-refractivity contribution in [3.63, 3.8) is 0 Å². The van der Waals surface area contributed by atoms with Crippen LogP contribution in [0.15, 0.2) is 6.20 Å². The fourth-order valence-electron chi connectivity index (χ4n) is 1.67. The summed E-state index contributed by atoms with van der Waals surface area (Å²) in [5.74, 6) is 0.280. The Morgan fingerprint density at radius 1 is 1.80 bits per heavy atom. The predicted molar refractivity (Wildman–Crippen MR) is 54.0 cm³/mol. The zero-order valence-electron chi connectivity index (χ0n) is 8.66. The van der Waals surface area contributed by atoms with E-state index < -0.39 is 0 Å². The van der Waals surface area contributed by atoms with Gasteiger partial charge in [0.25, 0.3) is 5.91 Å². The highest BCUT2D eigenvalue weighted by Gasteiger charge is 2.41. The Morgan fingerprint density at radius 2 is 2.53 bits per heavy atom. The zero-order chi connectivity index (χ0) is 10.9. The number of aromatic amines is 1. The summed E-state index contributed by atoms with van der Waals surface area (Å²) >= 11 is 0. The lowest BCUT2D eigenvalue weighted by Crippen LogP contribution is -2.53. The third-order valence-corrected chi connectivity index (χ3v) is 2.95. The van der Waals surface area contributed by atoms with Crippen LogP contribution >= 0.6 is 0 Å². The Labute approximate surface area is 87.6 Å². The number of H-pyrrole nitrogens is 1. The number of nitrogens with two attached hydrogens (primary N) is 1. The van der Waals surface area contributed by atoms with E-state index in [0.717, 1.165) is 12.8 Å². The van der Waals surface area contributed by atoms with Gasteiger partial charge in [-0.2, -0.15) is 15.4 Å². The normalized spacial score (nSPS) is 19.6. The fraction of sp³-hybridized carbons (Fsp3) is 0.667. The SMILES string of the molecule is CC(CN)(NC(=O)c1cn[nH]n1)C1CC1. The Morgan fingerprint density at radius 3 is 3.00 bits per heavy atom. The lowest BCUT2D eigenvalue weighted by atomic mass is 9.96. The molecule has 1 aromatic heterocycles. The van der Waals surface area contributed by atoms with E-state index in [1.165, 1.54) is 6.20 Å². The molecule has 15 heavy (non-hydrogen) atoms. The smallest absolute Gasteiger partial charge is 0.273 e. The molecule has 1 aliphatic carbocycles. The third-order valence-electron chi connectivity index (χ3n) is 2.95. The second-order valence-electron chi connectivity index (χ2n) is 4.21. The van der Waals surface area contributed by atoms with Gasteiger partial charge in [-0.3, -0.25) is 4.79 Å². The molecule has 82 valence electrons. The van der Waals surface area contributed by atoms with Crippen LogP contribution in [-0.2, 0) is 0 Å². The van der Waals surface area contributed by atoms with Crippen molar-refractivity contribution in [1.82, 2.24) is 20.7 Å². The number of carbonyl (C=O) groups excluding carboxylic acids is 1. The van der Waals surface area contributed by atoms with Crippen molar-refractivity contribution in [2.24, 2.45) is 11.7 Å². The number of amides is 1. The highest BCUT2D eigenvalue weighted by molar-refractivity contribution is 5.92. The average molecular weight is 209 g/mol. The standard InChI is InChI=1S/C9H15N5O/c1-9(5-10,6-2-3-6)12-8(15)7-4-11-14-13-7/h4,6H,2-3,5,10H2,1H3,(H,12,15)(H,11,13,14). The van der Waals surface area contributed by atoms with Crippen LogP contribution in [0.4, 0.5) is 0 Å². The van der Waals surface area contributed by atoms with Crippen LogP contribution < -0.4 is 11.1 Å². The molecule has 1 aromatic rings. The molecule has 0 aromatic carbocycles. The van der Waals surface area contributed by atoms with Gasteiger partial charge in [-0.15, -0.1) is 0 Å². The van der Waals surface area contributed by atoms with Crippen LogP contribution in [-0.4, -0.2) is 33.4 Å². The van der Waals surface area contributed by atoms with Crippen LogP contribution in [0.5, 0.6) is 0 Å². The molecule has 0 saturated heterocycles. The largest absolute Gasteiger partial charge is 0.344 e. The van der Waals surface area contributed by atoms with Gasteiger partial charge >= 0.3 is 0 Å². The second kappa shape index (κ2) is 3.62. The molecule has 1 unspecified atom stereocenters. The number of carbonyl (C=O) groups is 1. The number of nitrogens with one attached hydrogen (secondary N) is 2. The molecule has 1 amide bonds. The molecule has 1 heterocycles. The highest BCUT2D eigenvalue weighted by atomic mass is 16.2. The van der Waals surface area contributed by atoms with Crippen LogP contribution in [0, 0.1) is 5.92 Å². The Kier molecular flexibility index (Phi) is 2.44. The van der Waals surface area contributed by atoms with Crippen molar-refractivity contribution in [3.05, 3.63) is 11.9 Å². The molecule has 1 saturated carbocycles. The summed E-state index contributed by atoms with van der Waals surface area (Å²) < 4.78 is 0. The summed E-state index contributed by atoms with van der Waals surface area (Å²) in [4.78, 5) is 11.7. The summed E-state index contributed by atoms with van der Waals surface area (Å²) in [6, 6.07) is 0. The summed E-state index contributed by atoms with van der Waals surface area (Å²) in [5.41, 5.74) is 5.68. The third kappa shape index (κ3) is 1.99. The molecule has 1 aliphatic rings. The monoisotopic (exact) mass is 209 g/mol. The first-order valence-corrected chi connectivity index (χ1v) is 5.04. The van der Waals surface area contributed by atoms with Gasteiger partial charge < -0.3 is 11.1 Å². The summed E-state index contributed by atoms with van der Waals surface area (Å²) in [5, 5.41) is 12.6. The minimum atomic E-state index is -0.309. The maximum Gasteiger partial charge on any atom is 0.273 e. The Balaban J connectivity index is 2.04. The van der Waals surface area contributed by atoms with Gasteiger partial charge in [0.15, 0.2) is 5.69 Å².